The average Bonchev–Trinajstić information content (AvgIpc) is 3.46. The number of carbonyl (C=O) groups excluding carboxylic acids is 1. The van der Waals surface area contributed by atoms with Crippen molar-refractivity contribution in [3.05, 3.63) is 88.0 Å². The molecule has 2 saturated heterocycles. The van der Waals surface area contributed by atoms with Crippen LogP contribution in [0.1, 0.15) is 30.4 Å². The van der Waals surface area contributed by atoms with Gasteiger partial charge in [0, 0.05) is 104 Å². The number of alkyl halides is 3. The van der Waals surface area contributed by atoms with Gasteiger partial charge in [-0.05, 0) is 66.8 Å². The topological polar surface area (TPSA) is 116 Å². The van der Waals surface area contributed by atoms with Crippen molar-refractivity contribution in [2.24, 2.45) is 5.73 Å². The van der Waals surface area contributed by atoms with Crippen LogP contribution in [0.25, 0.3) is 22.0 Å². The smallest absolute Gasteiger partial charge is 0.465 e. The predicted molar refractivity (Wildman–Crippen MR) is 194 cm³/mol. The van der Waals surface area contributed by atoms with Gasteiger partial charge < -0.3 is 30.4 Å². The van der Waals surface area contributed by atoms with Gasteiger partial charge in [0.1, 0.15) is 5.75 Å². The lowest BCUT2D eigenvalue weighted by atomic mass is 9.88. The third-order valence-electron chi connectivity index (χ3n) is 9.90. The summed E-state index contributed by atoms with van der Waals surface area (Å²) in [5.41, 5.74) is 9.85. The Morgan fingerprint density at radius 2 is 1.54 bits per heavy atom. The molecular weight excluding hydrogens is 720 g/mol. The number of ether oxygens (including phenoxy) is 1. The van der Waals surface area contributed by atoms with Gasteiger partial charge in [0.15, 0.2) is 0 Å². The van der Waals surface area contributed by atoms with Crippen LogP contribution < -0.4 is 15.8 Å². The van der Waals surface area contributed by atoms with Crippen LogP contribution in [-0.2, 0) is 24.4 Å². The molecule has 52 heavy (non-hydrogen) atoms. The van der Waals surface area contributed by atoms with Gasteiger partial charge in [-0.25, -0.2) is 4.79 Å². The molecule has 6 rings (SSSR count). The Morgan fingerprint density at radius 3 is 2.15 bits per heavy atom. The first-order valence-corrected chi connectivity index (χ1v) is 17.9. The van der Waals surface area contributed by atoms with Crippen LogP contribution in [0.2, 0.25) is 10.0 Å². The molecular formula is C37H41Cl2F3N6O4. The molecule has 2 fully saturated rings. The fourth-order valence-electron chi connectivity index (χ4n) is 6.92. The van der Waals surface area contributed by atoms with Gasteiger partial charge in [-0.1, -0.05) is 47.5 Å². The lowest BCUT2D eigenvalue weighted by molar-refractivity contribution is -0.274. The molecule has 2 amide bonds. The lowest BCUT2D eigenvalue weighted by Crippen LogP contribution is -2.60. The van der Waals surface area contributed by atoms with E-state index in [4.69, 9.17) is 28.9 Å². The molecule has 4 aromatic rings. The van der Waals surface area contributed by atoms with Gasteiger partial charge in [-0.2, -0.15) is 0 Å². The molecule has 10 nitrogen and oxygen atoms in total. The minimum atomic E-state index is -4.78. The van der Waals surface area contributed by atoms with Crippen LogP contribution in [0.3, 0.4) is 0 Å². The van der Waals surface area contributed by atoms with Crippen molar-refractivity contribution in [3.63, 3.8) is 0 Å². The number of piperidine rings is 1. The van der Waals surface area contributed by atoms with Crippen molar-refractivity contribution in [3.8, 4) is 16.9 Å². The van der Waals surface area contributed by atoms with E-state index in [-0.39, 0.29) is 37.6 Å². The number of aromatic nitrogens is 1. The summed E-state index contributed by atoms with van der Waals surface area (Å²) in [5, 5.41) is 14.4. The van der Waals surface area contributed by atoms with Gasteiger partial charge >= 0.3 is 12.5 Å². The number of halogens is 5. The number of fused-ring (bicyclic) bond motifs is 1. The predicted octanol–water partition coefficient (Wildman–Crippen LogP) is 6.81. The molecule has 0 unspecified atom stereocenters. The normalized spacial score (nSPS) is 17.0. The fraction of sp³-hybridized carbons (Fsp3) is 0.405. The molecule has 0 saturated carbocycles. The maximum Gasteiger partial charge on any atom is 0.573 e. The number of aryl methyl sites for hydroxylation is 1. The molecule has 15 heteroatoms. The van der Waals surface area contributed by atoms with Crippen LogP contribution in [0.15, 0.2) is 66.9 Å². The summed E-state index contributed by atoms with van der Waals surface area (Å²) < 4.78 is 44.7. The SMILES string of the molecule is NC1(C(=O)NCCCn2cc(-c3ccc(OC(F)(F)F)cc3)c3cc(CN4CCN(Cc5c(Cl)cccc5Cl)CC4)ccc32)CCN(C(=O)O)CC1. The number of carboxylic acid groups (broad SMARTS) is 1. The van der Waals surface area contributed by atoms with Crippen molar-refractivity contribution in [2.75, 3.05) is 45.8 Å². The quantitative estimate of drug-likeness (QED) is 0.144. The minimum Gasteiger partial charge on any atom is -0.465 e. The summed E-state index contributed by atoms with van der Waals surface area (Å²) in [6.45, 7) is 6.21. The second-order valence-electron chi connectivity index (χ2n) is 13.4. The number of nitrogens with two attached hydrogens (primary N) is 1. The molecule has 3 heterocycles. The number of nitrogens with zero attached hydrogens (tertiary/aromatic N) is 4. The molecule has 2 aliphatic heterocycles. The van der Waals surface area contributed by atoms with Gasteiger partial charge in [-0.15, -0.1) is 13.2 Å². The van der Waals surface area contributed by atoms with Crippen LogP contribution in [0.4, 0.5) is 18.0 Å². The Hall–Kier alpha value is -4.01. The largest absolute Gasteiger partial charge is 0.573 e. The van der Waals surface area contributed by atoms with Gasteiger partial charge in [0.25, 0.3) is 0 Å². The van der Waals surface area contributed by atoms with Crippen LogP contribution in [0.5, 0.6) is 5.75 Å². The van der Waals surface area contributed by atoms with E-state index in [2.05, 4.69) is 42.6 Å². The first kappa shape index (κ1) is 37.7. The second kappa shape index (κ2) is 15.9. The summed E-state index contributed by atoms with van der Waals surface area (Å²) in [6.07, 6.45) is -2.73. The summed E-state index contributed by atoms with van der Waals surface area (Å²) in [4.78, 5) is 30.2. The number of rotatable bonds is 11. The average molecular weight is 762 g/mol. The molecule has 278 valence electrons. The third-order valence-corrected chi connectivity index (χ3v) is 10.6. The maximum absolute atomic E-state index is 12.9. The van der Waals surface area contributed by atoms with E-state index in [0.717, 1.165) is 65.9 Å². The number of likely N-dealkylation sites (tertiary alicyclic amines) is 1. The standard InChI is InChI=1S/C37H41Cl2F3N6O4/c38-31-3-1-4-32(39)30(31)23-46-19-17-45(18-20-46)22-25-5-10-33-28(21-25)29(26-6-8-27(9-7-26)52-37(40,41)42)24-48(33)14-2-13-44-34(49)36(43)11-15-47(16-12-36)35(50)51/h1,3-10,21,24H,2,11-20,22-23,43H2,(H,44,49)(H,50,51). The van der Waals surface area contributed by atoms with Crippen LogP contribution >= 0.6 is 23.2 Å². The Bertz CT molecular complexity index is 1870. The number of amides is 2. The van der Waals surface area contributed by atoms with Crippen molar-refractivity contribution in [2.45, 2.75) is 50.8 Å². The number of hydrogen-bond acceptors (Lipinski definition) is 6. The number of nitrogens with one attached hydrogen (secondary N) is 1. The van der Waals surface area contributed by atoms with E-state index in [0.29, 0.717) is 36.1 Å². The Morgan fingerprint density at radius 1 is 0.904 bits per heavy atom. The highest BCUT2D eigenvalue weighted by Crippen LogP contribution is 2.34. The number of piperazine rings is 1. The van der Waals surface area contributed by atoms with Crippen LogP contribution in [0, 0.1) is 0 Å². The first-order chi connectivity index (χ1) is 24.8. The summed E-state index contributed by atoms with van der Waals surface area (Å²) in [5.74, 6) is -0.589. The highest BCUT2D eigenvalue weighted by atomic mass is 35.5. The zero-order valence-electron chi connectivity index (χ0n) is 28.5. The fourth-order valence-corrected chi connectivity index (χ4v) is 7.43. The Balaban J connectivity index is 1.13. The van der Waals surface area contributed by atoms with E-state index in [1.807, 2.05) is 24.4 Å². The van der Waals surface area contributed by atoms with Gasteiger partial charge in [-0.3, -0.25) is 14.6 Å². The Kier molecular flexibility index (Phi) is 11.6. The highest BCUT2D eigenvalue weighted by Gasteiger charge is 2.38. The minimum absolute atomic E-state index is 0.206. The van der Waals surface area contributed by atoms with Gasteiger partial charge in [0.2, 0.25) is 5.91 Å². The molecule has 4 N–H and O–H groups in total. The molecule has 2 aliphatic rings. The summed E-state index contributed by atoms with van der Waals surface area (Å²) in [6, 6.07) is 17.7. The van der Waals surface area contributed by atoms with E-state index >= 15 is 0 Å². The Labute approximate surface area is 309 Å². The van der Waals surface area contributed by atoms with E-state index in [9.17, 15) is 27.9 Å². The monoisotopic (exact) mass is 760 g/mol. The van der Waals surface area contributed by atoms with E-state index in [1.54, 1.807) is 12.1 Å². The molecule has 0 bridgehead atoms. The first-order valence-electron chi connectivity index (χ1n) is 17.2. The third kappa shape index (κ3) is 9.13. The van der Waals surface area contributed by atoms with Crippen molar-refractivity contribution in [1.82, 2.24) is 24.6 Å². The van der Waals surface area contributed by atoms with Crippen molar-refractivity contribution in [1.29, 1.82) is 0 Å². The molecule has 0 spiro atoms. The number of hydrogen-bond donors (Lipinski definition) is 3. The molecule has 0 radical (unpaired) electrons. The second-order valence-corrected chi connectivity index (χ2v) is 14.3. The molecule has 0 aliphatic carbocycles. The molecule has 0 atom stereocenters. The van der Waals surface area contributed by atoms with Crippen LogP contribution in [-0.4, -0.2) is 94.1 Å². The van der Waals surface area contributed by atoms with E-state index in [1.165, 1.54) is 17.0 Å². The van der Waals surface area contributed by atoms with E-state index < -0.39 is 18.0 Å². The zero-order chi connectivity index (χ0) is 37.0. The number of carbonyl (C=O) groups is 2. The summed E-state index contributed by atoms with van der Waals surface area (Å²) >= 11 is 12.8. The lowest BCUT2D eigenvalue weighted by Gasteiger charge is -2.36. The molecule has 1 aromatic heterocycles. The molecule has 3 aromatic carbocycles. The number of benzene rings is 3. The maximum atomic E-state index is 12.9. The van der Waals surface area contributed by atoms with Crippen molar-refractivity contribution < 1.29 is 32.6 Å². The zero-order valence-corrected chi connectivity index (χ0v) is 30.0. The summed E-state index contributed by atoms with van der Waals surface area (Å²) in [7, 11) is 0. The van der Waals surface area contributed by atoms with Gasteiger partial charge in [0.05, 0.1) is 5.54 Å². The van der Waals surface area contributed by atoms with Crippen molar-refractivity contribution >= 4 is 46.1 Å². The highest BCUT2D eigenvalue weighted by molar-refractivity contribution is 6.36.